The Morgan fingerprint density at radius 2 is 1.91 bits per heavy atom. The van der Waals surface area contributed by atoms with Crippen LogP contribution in [0.15, 0.2) is 46.0 Å². The summed E-state index contributed by atoms with van der Waals surface area (Å²) >= 11 is 9.87. The number of para-hydroxylation sites is 1. The van der Waals surface area contributed by atoms with E-state index in [1.807, 2.05) is 48.2 Å². The fourth-order valence-electron chi connectivity index (χ4n) is 3.17. The number of rotatable bonds is 7. The van der Waals surface area contributed by atoms with Crippen molar-refractivity contribution in [2.45, 2.75) is 6.92 Å². The molecule has 2 heterocycles. The van der Waals surface area contributed by atoms with Gasteiger partial charge >= 0.3 is 0 Å². The van der Waals surface area contributed by atoms with E-state index in [0.29, 0.717) is 49.2 Å². The van der Waals surface area contributed by atoms with Crippen molar-refractivity contribution in [1.29, 1.82) is 0 Å². The van der Waals surface area contributed by atoms with Crippen LogP contribution >= 0.6 is 27.5 Å². The number of ether oxygens (including phenoxy) is 2. The second kappa shape index (κ2) is 10.8. The molecule has 0 atom stereocenters. The quantitative estimate of drug-likeness (QED) is 0.336. The highest BCUT2D eigenvalue weighted by molar-refractivity contribution is 9.10. The number of nitrogens with zero attached hydrogens (tertiary/aromatic N) is 5. The van der Waals surface area contributed by atoms with Gasteiger partial charge in [-0.05, 0) is 52.7 Å². The number of hydrogen-bond acceptors (Lipinski definition) is 9. The molecule has 0 unspecified atom stereocenters. The van der Waals surface area contributed by atoms with E-state index in [2.05, 4.69) is 46.7 Å². The Bertz CT molecular complexity index is 1160. The van der Waals surface area contributed by atoms with E-state index in [9.17, 15) is 0 Å². The average molecular weight is 533 g/mol. The predicted octanol–water partition coefficient (Wildman–Crippen LogP) is 4.63. The molecule has 11 heteroatoms. The van der Waals surface area contributed by atoms with Crippen LogP contribution in [0.25, 0.3) is 0 Å². The Morgan fingerprint density at radius 3 is 2.70 bits per heavy atom. The largest absolute Gasteiger partial charge is 0.496 e. The minimum atomic E-state index is 0.300. The van der Waals surface area contributed by atoms with E-state index >= 15 is 0 Å². The summed E-state index contributed by atoms with van der Waals surface area (Å²) < 4.78 is 11.7. The van der Waals surface area contributed by atoms with Gasteiger partial charge in [0.25, 0.3) is 0 Å². The fraction of sp³-hybridized carbons (Fsp3) is 0.273. The maximum Gasteiger partial charge on any atom is 0.250 e. The summed E-state index contributed by atoms with van der Waals surface area (Å²) in [5.41, 5.74) is 5.44. The maximum atomic E-state index is 6.31. The third-order valence-electron chi connectivity index (χ3n) is 4.92. The van der Waals surface area contributed by atoms with Crippen molar-refractivity contribution in [3.8, 4) is 5.75 Å². The molecular weight excluding hydrogens is 510 g/mol. The number of aryl methyl sites for hydroxylation is 1. The molecule has 0 bridgehead atoms. The first kappa shape index (κ1) is 23.2. The first-order valence-corrected chi connectivity index (χ1v) is 11.4. The molecule has 0 amide bonds. The summed E-state index contributed by atoms with van der Waals surface area (Å²) in [7, 11) is 1.62. The lowest BCUT2D eigenvalue weighted by atomic mass is 10.2. The summed E-state index contributed by atoms with van der Waals surface area (Å²) in [6.45, 7) is 4.55. The van der Waals surface area contributed by atoms with Crippen molar-refractivity contribution in [3.63, 3.8) is 0 Å². The van der Waals surface area contributed by atoms with Gasteiger partial charge in [-0.2, -0.15) is 20.1 Å². The Morgan fingerprint density at radius 1 is 1.15 bits per heavy atom. The second-order valence-electron chi connectivity index (χ2n) is 7.20. The van der Waals surface area contributed by atoms with E-state index in [1.54, 1.807) is 13.3 Å². The summed E-state index contributed by atoms with van der Waals surface area (Å²) in [5.74, 6) is 1.91. The Hall–Kier alpha value is -2.95. The molecular formula is C22H23BrClN7O2. The van der Waals surface area contributed by atoms with E-state index in [0.717, 1.165) is 27.0 Å². The monoisotopic (exact) mass is 531 g/mol. The average Bonchev–Trinajstić information content (AvgIpc) is 2.83. The molecule has 33 heavy (non-hydrogen) atoms. The minimum absolute atomic E-state index is 0.300. The van der Waals surface area contributed by atoms with Crippen LogP contribution in [0.1, 0.15) is 11.1 Å². The smallest absolute Gasteiger partial charge is 0.250 e. The number of hydrogen-bond donors (Lipinski definition) is 2. The summed E-state index contributed by atoms with van der Waals surface area (Å²) in [4.78, 5) is 15.7. The molecule has 0 aliphatic carbocycles. The molecule has 2 aromatic carbocycles. The second-order valence-corrected chi connectivity index (χ2v) is 8.46. The number of methoxy groups -OCH3 is 1. The highest BCUT2D eigenvalue weighted by Gasteiger charge is 2.17. The van der Waals surface area contributed by atoms with Crippen molar-refractivity contribution < 1.29 is 9.47 Å². The third kappa shape index (κ3) is 5.89. The number of morpholine rings is 1. The fourth-order valence-corrected chi connectivity index (χ4v) is 3.89. The highest BCUT2D eigenvalue weighted by Crippen LogP contribution is 2.31. The van der Waals surface area contributed by atoms with Gasteiger partial charge in [0.15, 0.2) is 0 Å². The van der Waals surface area contributed by atoms with E-state index in [-0.39, 0.29) is 0 Å². The van der Waals surface area contributed by atoms with Crippen molar-refractivity contribution in [2.75, 3.05) is 49.1 Å². The molecule has 0 radical (unpaired) electrons. The number of benzene rings is 2. The number of anilines is 4. The maximum absolute atomic E-state index is 6.31. The SMILES string of the molecule is COc1ccccc1C=NNc1nc(Nc2cc(Cl)c(C)cc2Br)nc(N2CCOCC2)n1. The lowest BCUT2D eigenvalue weighted by molar-refractivity contribution is 0.122. The number of nitrogens with one attached hydrogen (secondary N) is 2. The molecule has 2 N–H and O–H groups in total. The molecule has 4 rings (SSSR count). The van der Waals surface area contributed by atoms with Gasteiger partial charge in [-0.15, -0.1) is 0 Å². The molecule has 3 aromatic rings. The van der Waals surface area contributed by atoms with Crippen molar-refractivity contribution in [3.05, 3.63) is 57.0 Å². The first-order chi connectivity index (χ1) is 16.0. The number of halogens is 2. The standard InChI is InChI=1S/C22H23BrClN7O2/c1-14-11-16(23)18(12-17(14)24)26-20-27-21(29-22(28-20)31-7-9-33-10-8-31)30-25-13-15-5-3-4-6-19(15)32-2/h3-6,11-13H,7-10H2,1-2H3,(H2,26,27,28,29,30). The van der Waals surface area contributed by atoms with Crippen molar-refractivity contribution >= 4 is 57.3 Å². The number of hydrazone groups is 1. The normalized spacial score (nSPS) is 13.9. The van der Waals surface area contributed by atoms with Gasteiger partial charge in [0.2, 0.25) is 17.8 Å². The topological polar surface area (TPSA) is 96.8 Å². The van der Waals surface area contributed by atoms with Gasteiger partial charge in [-0.3, -0.25) is 0 Å². The van der Waals surface area contributed by atoms with Crippen LogP contribution < -0.4 is 20.4 Å². The van der Waals surface area contributed by atoms with Gasteiger partial charge in [0.05, 0.1) is 32.2 Å². The number of aromatic nitrogens is 3. The molecule has 1 saturated heterocycles. The Labute approximate surface area is 205 Å². The summed E-state index contributed by atoms with van der Waals surface area (Å²) in [6, 6.07) is 11.3. The van der Waals surface area contributed by atoms with Crippen LogP contribution in [0.4, 0.5) is 23.5 Å². The van der Waals surface area contributed by atoms with Gasteiger partial charge in [-0.25, -0.2) is 5.43 Å². The molecule has 0 saturated carbocycles. The first-order valence-electron chi connectivity index (χ1n) is 10.3. The van der Waals surface area contributed by atoms with Crippen LogP contribution in [0.5, 0.6) is 5.75 Å². The molecule has 172 valence electrons. The van der Waals surface area contributed by atoms with E-state index < -0.39 is 0 Å². The van der Waals surface area contributed by atoms with Crippen LogP contribution in [0, 0.1) is 6.92 Å². The Balaban J connectivity index is 1.62. The van der Waals surface area contributed by atoms with Gasteiger partial charge in [-0.1, -0.05) is 23.7 Å². The summed E-state index contributed by atoms with van der Waals surface area (Å²) in [6.07, 6.45) is 1.65. The third-order valence-corrected chi connectivity index (χ3v) is 5.98. The Kier molecular flexibility index (Phi) is 7.58. The molecule has 1 aromatic heterocycles. The summed E-state index contributed by atoms with van der Waals surface area (Å²) in [5, 5.41) is 8.15. The van der Waals surface area contributed by atoms with Gasteiger partial charge in [0, 0.05) is 28.1 Å². The van der Waals surface area contributed by atoms with Gasteiger partial charge < -0.3 is 19.7 Å². The van der Waals surface area contributed by atoms with Crippen LogP contribution in [0.3, 0.4) is 0 Å². The molecule has 1 aliphatic heterocycles. The van der Waals surface area contributed by atoms with E-state index in [1.165, 1.54) is 0 Å². The highest BCUT2D eigenvalue weighted by atomic mass is 79.9. The zero-order valence-corrected chi connectivity index (χ0v) is 20.5. The molecule has 1 fully saturated rings. The van der Waals surface area contributed by atoms with Crippen LogP contribution in [0.2, 0.25) is 5.02 Å². The zero-order chi connectivity index (χ0) is 23.2. The zero-order valence-electron chi connectivity index (χ0n) is 18.2. The molecule has 9 nitrogen and oxygen atoms in total. The van der Waals surface area contributed by atoms with Crippen LogP contribution in [-0.2, 0) is 4.74 Å². The minimum Gasteiger partial charge on any atom is -0.496 e. The molecule has 0 spiro atoms. The van der Waals surface area contributed by atoms with Crippen LogP contribution in [-0.4, -0.2) is 54.6 Å². The lowest BCUT2D eigenvalue weighted by Crippen LogP contribution is -2.37. The van der Waals surface area contributed by atoms with Crippen molar-refractivity contribution in [1.82, 2.24) is 15.0 Å². The van der Waals surface area contributed by atoms with Gasteiger partial charge in [0.1, 0.15) is 5.75 Å². The van der Waals surface area contributed by atoms with E-state index in [4.69, 9.17) is 21.1 Å². The lowest BCUT2D eigenvalue weighted by Gasteiger charge is -2.27. The predicted molar refractivity (Wildman–Crippen MR) is 134 cm³/mol. The van der Waals surface area contributed by atoms with Crippen molar-refractivity contribution in [2.24, 2.45) is 5.10 Å². The molecule has 1 aliphatic rings.